The lowest BCUT2D eigenvalue weighted by Crippen LogP contribution is -2.30. The summed E-state index contributed by atoms with van der Waals surface area (Å²) in [5, 5.41) is 7.27. The molecular formula is C58H81F3N2O8. The number of hydrogen-bond donors (Lipinski definition) is 0. The van der Waals surface area contributed by atoms with Crippen LogP contribution in [0.15, 0.2) is 107 Å². The lowest BCUT2D eigenvalue weighted by molar-refractivity contribution is 0.0798. The Bertz CT molecular complexity index is 2000. The van der Waals surface area contributed by atoms with Crippen LogP contribution in [0.2, 0.25) is 0 Å². The van der Waals surface area contributed by atoms with Crippen molar-refractivity contribution in [1.29, 1.82) is 0 Å². The van der Waals surface area contributed by atoms with Crippen LogP contribution in [0, 0.1) is 27.7 Å². The molecule has 4 aromatic carbocycles. The van der Waals surface area contributed by atoms with Crippen LogP contribution in [0.5, 0.6) is 34.5 Å². The molecule has 0 atom stereocenters. The Hall–Kier alpha value is -6.11. The summed E-state index contributed by atoms with van der Waals surface area (Å²) in [6.07, 6.45) is 16.3. The summed E-state index contributed by atoms with van der Waals surface area (Å²) < 4.78 is 69.5. The van der Waals surface area contributed by atoms with Crippen LogP contribution < -0.4 is 28.4 Å². The van der Waals surface area contributed by atoms with Crippen molar-refractivity contribution in [3.8, 4) is 34.5 Å². The lowest BCUT2D eigenvalue weighted by atomic mass is 9.94. The molecular weight excluding hydrogens is 910 g/mol. The van der Waals surface area contributed by atoms with Gasteiger partial charge in [-0.25, -0.2) is 8.78 Å². The minimum Gasteiger partial charge on any atom is -0.490 e. The second kappa shape index (κ2) is 35.1. The third-order valence-electron chi connectivity index (χ3n) is 11.2. The lowest BCUT2D eigenvalue weighted by Gasteiger charge is -2.30. The van der Waals surface area contributed by atoms with E-state index in [1.54, 1.807) is 31.4 Å². The Morgan fingerprint density at radius 3 is 1.13 bits per heavy atom. The number of oxime groups is 2. The monoisotopic (exact) mass is 991 g/mol. The fourth-order valence-electron chi connectivity index (χ4n) is 7.86. The highest BCUT2D eigenvalue weighted by Gasteiger charge is 2.26. The van der Waals surface area contributed by atoms with Crippen molar-refractivity contribution < 1.29 is 51.3 Å². The Labute approximate surface area is 423 Å². The molecule has 0 spiro atoms. The fraction of sp³-hybridized carbons (Fsp3) is 0.483. The van der Waals surface area contributed by atoms with Crippen LogP contribution in [0.1, 0.15) is 133 Å². The van der Waals surface area contributed by atoms with E-state index in [1.807, 2.05) is 109 Å². The highest BCUT2D eigenvalue weighted by atomic mass is 19.3. The van der Waals surface area contributed by atoms with Crippen LogP contribution in [0.3, 0.4) is 0 Å². The Morgan fingerprint density at radius 1 is 0.507 bits per heavy atom. The Morgan fingerprint density at radius 2 is 0.817 bits per heavy atom. The van der Waals surface area contributed by atoms with E-state index in [-0.39, 0.29) is 24.4 Å². The molecule has 0 aliphatic heterocycles. The number of benzene rings is 4. The minimum absolute atomic E-state index is 0.128. The first kappa shape index (κ1) is 61.0. The van der Waals surface area contributed by atoms with Gasteiger partial charge in [0.15, 0.2) is 0 Å². The van der Waals surface area contributed by atoms with Crippen molar-refractivity contribution in [2.45, 2.75) is 152 Å². The number of nitrogens with zero attached hydrogens (tertiary/aromatic N) is 2. The number of alkyl halides is 2. The molecule has 0 N–H and O–H groups in total. The van der Waals surface area contributed by atoms with Gasteiger partial charge in [0.1, 0.15) is 61.9 Å². The Balaban J connectivity index is 0.000000432. The molecule has 392 valence electrons. The van der Waals surface area contributed by atoms with Crippen LogP contribution in [-0.2, 0) is 9.68 Å². The summed E-state index contributed by atoms with van der Waals surface area (Å²) in [6, 6.07) is 23.0. The van der Waals surface area contributed by atoms with Crippen molar-refractivity contribution in [2.24, 2.45) is 10.3 Å². The molecule has 13 heteroatoms. The van der Waals surface area contributed by atoms with Gasteiger partial charge < -0.3 is 38.1 Å². The zero-order valence-electron chi connectivity index (χ0n) is 44.6. The molecule has 0 heterocycles. The van der Waals surface area contributed by atoms with E-state index >= 15 is 0 Å². The van der Waals surface area contributed by atoms with Gasteiger partial charge in [0.2, 0.25) is 6.93 Å². The molecule has 0 unspecified atom stereocenters. The van der Waals surface area contributed by atoms with E-state index in [9.17, 15) is 13.2 Å². The number of ether oxygens (including phenoxy) is 6. The van der Waals surface area contributed by atoms with Gasteiger partial charge >= 0.3 is 0 Å². The highest BCUT2D eigenvalue weighted by Crippen LogP contribution is 2.35. The third-order valence-corrected chi connectivity index (χ3v) is 11.2. The minimum atomic E-state index is -1.75. The maximum atomic E-state index is 13.7. The van der Waals surface area contributed by atoms with Gasteiger partial charge in [-0.1, -0.05) is 62.3 Å². The smallest absolute Gasteiger partial charge is 0.257 e. The molecule has 0 saturated heterocycles. The second-order valence-electron chi connectivity index (χ2n) is 16.4. The number of halogens is 3. The topological polar surface area (TPSA) is 98.6 Å². The average molecular weight is 991 g/mol. The van der Waals surface area contributed by atoms with Gasteiger partial charge in [-0.05, 0) is 200 Å². The summed E-state index contributed by atoms with van der Waals surface area (Å²) in [6.45, 7) is 21.6. The third kappa shape index (κ3) is 21.8. The molecule has 10 nitrogen and oxygen atoms in total. The summed E-state index contributed by atoms with van der Waals surface area (Å²) in [4.78, 5) is 9.30. The molecule has 2 fully saturated rings. The van der Waals surface area contributed by atoms with Crippen molar-refractivity contribution in [3.05, 3.63) is 130 Å². The first-order chi connectivity index (χ1) is 34.4. The van der Waals surface area contributed by atoms with E-state index in [0.717, 1.165) is 119 Å². The van der Waals surface area contributed by atoms with Crippen molar-refractivity contribution in [1.82, 2.24) is 0 Å². The normalized spacial score (nSPS) is 17.6. The SMILES string of the molecule is C/C=C/COc1cc(C)c(OC2CCC(Oc3ccc(/C(C)=N\OC)cc3)CC2)c(C)c1.C/C=C/COc1cc(C)c(OC2CCC(Oc3ccc(/C(F)=N\OC)cc3)CC2)c(C)c1.CC.CC.FCF. The molecule has 0 amide bonds. The zero-order valence-corrected chi connectivity index (χ0v) is 44.6. The highest BCUT2D eigenvalue weighted by molar-refractivity contribution is 5.98. The molecule has 2 aliphatic rings. The molecule has 6 rings (SSSR count). The van der Waals surface area contributed by atoms with E-state index in [1.165, 1.54) is 7.11 Å². The summed E-state index contributed by atoms with van der Waals surface area (Å²) in [5.41, 5.74) is 6.64. The largest absolute Gasteiger partial charge is 0.490 e. The zero-order chi connectivity index (χ0) is 52.6. The van der Waals surface area contributed by atoms with Crippen molar-refractivity contribution in [3.63, 3.8) is 0 Å². The van der Waals surface area contributed by atoms with Crippen LogP contribution in [-0.4, -0.2) is 70.5 Å². The van der Waals surface area contributed by atoms with Crippen molar-refractivity contribution in [2.75, 3.05) is 34.4 Å². The maximum absolute atomic E-state index is 13.7. The molecule has 71 heavy (non-hydrogen) atoms. The van der Waals surface area contributed by atoms with Gasteiger partial charge in [0.05, 0.1) is 30.1 Å². The van der Waals surface area contributed by atoms with E-state index in [2.05, 4.69) is 55.0 Å². The van der Waals surface area contributed by atoms with Gasteiger partial charge in [0, 0.05) is 5.56 Å². The molecule has 0 radical (unpaired) electrons. The van der Waals surface area contributed by atoms with Gasteiger partial charge in [-0.3, -0.25) is 0 Å². The average Bonchev–Trinajstić information content (AvgIpc) is 3.37. The first-order valence-electron chi connectivity index (χ1n) is 25.0. The maximum Gasteiger partial charge on any atom is 0.257 e. The fourth-order valence-corrected chi connectivity index (χ4v) is 7.86. The van der Waals surface area contributed by atoms with Gasteiger partial charge in [-0.15, -0.1) is 0 Å². The van der Waals surface area contributed by atoms with Gasteiger partial charge in [-0.2, -0.15) is 4.39 Å². The number of rotatable bonds is 18. The van der Waals surface area contributed by atoms with E-state index in [4.69, 9.17) is 33.3 Å². The van der Waals surface area contributed by atoms with Crippen LogP contribution in [0.4, 0.5) is 13.2 Å². The number of hydrogen-bond acceptors (Lipinski definition) is 10. The first-order valence-corrected chi connectivity index (χ1v) is 25.0. The van der Waals surface area contributed by atoms with E-state index < -0.39 is 12.9 Å². The summed E-state index contributed by atoms with van der Waals surface area (Å²) in [5.74, 6) is 4.64. The molecule has 0 bridgehead atoms. The molecule has 2 saturated carbocycles. The van der Waals surface area contributed by atoms with E-state index in [0.29, 0.717) is 18.8 Å². The van der Waals surface area contributed by atoms with Crippen LogP contribution in [0.25, 0.3) is 0 Å². The number of allylic oxidation sites excluding steroid dienone is 2. The standard InChI is InChI=1S/C27H35NO4.C26H32FNO4.2C2H6.CH2F2/c1-6-7-16-30-26-17-19(2)27(20(3)18-26)32-25-14-12-24(13-15-25)31-23-10-8-22(9-11-23)21(4)28-29-5;1-5-6-15-30-24-16-18(2)25(19(3)17-24)32-23-13-11-22(12-14-23)31-21-9-7-20(8-10-21)26(27)28-29-4;2*1-2;2-1-3/h6-11,17-18,24-25H,12-16H2,1-5H3;5-10,16-17,22-23H,11-15H2,1-4H3;2*1-2H3;1H2/b7-6+,28-21-;6-5+,28-26+;;;. The van der Waals surface area contributed by atoms with Crippen molar-refractivity contribution >= 4 is 11.7 Å². The summed E-state index contributed by atoms with van der Waals surface area (Å²) >= 11 is 0. The molecule has 4 aromatic rings. The Kier molecular flexibility index (Phi) is 30.1. The predicted molar refractivity (Wildman–Crippen MR) is 284 cm³/mol. The molecule has 2 aliphatic carbocycles. The number of aryl methyl sites for hydroxylation is 4. The quantitative estimate of drug-likeness (QED) is 0.0552. The predicted octanol–water partition coefficient (Wildman–Crippen LogP) is 15.6. The summed E-state index contributed by atoms with van der Waals surface area (Å²) in [7, 11) is 2.87. The molecule has 0 aromatic heterocycles. The second-order valence-corrected chi connectivity index (χ2v) is 16.4. The van der Waals surface area contributed by atoms with Crippen LogP contribution >= 0.6 is 0 Å². The van der Waals surface area contributed by atoms with Gasteiger partial charge in [0.25, 0.3) is 5.97 Å².